The summed E-state index contributed by atoms with van der Waals surface area (Å²) < 4.78 is 10.8. The van der Waals surface area contributed by atoms with Gasteiger partial charge in [0.05, 0.1) is 12.8 Å². The van der Waals surface area contributed by atoms with E-state index >= 15 is 0 Å². The van der Waals surface area contributed by atoms with Crippen LogP contribution in [0.2, 0.25) is 0 Å². The van der Waals surface area contributed by atoms with Gasteiger partial charge in [-0.3, -0.25) is 4.90 Å². The van der Waals surface area contributed by atoms with Crippen LogP contribution in [0, 0.1) is 0 Å². The number of aromatic nitrogens is 5. The van der Waals surface area contributed by atoms with Gasteiger partial charge in [0.2, 0.25) is 11.6 Å². The lowest BCUT2D eigenvalue weighted by Crippen LogP contribution is -2.27. The lowest BCUT2D eigenvalue weighted by Gasteiger charge is -2.19. The number of esters is 1. The van der Waals surface area contributed by atoms with Crippen molar-refractivity contribution in [2.45, 2.75) is 32.2 Å². The number of ether oxygens (including phenoxy) is 1. The Kier molecular flexibility index (Phi) is 4.51. The summed E-state index contributed by atoms with van der Waals surface area (Å²) >= 11 is 0. The summed E-state index contributed by atoms with van der Waals surface area (Å²) in [7, 11) is 1.31. The van der Waals surface area contributed by atoms with Crippen LogP contribution in [0.5, 0.6) is 0 Å². The van der Waals surface area contributed by atoms with Crippen LogP contribution in [-0.4, -0.2) is 56.4 Å². The van der Waals surface area contributed by atoms with Gasteiger partial charge in [-0.1, -0.05) is 18.1 Å². The Morgan fingerprint density at radius 1 is 1.26 bits per heavy atom. The lowest BCUT2D eigenvalue weighted by molar-refractivity contribution is 0.0591. The number of nitrogens with zero attached hydrogens (tertiary/aromatic N) is 6. The van der Waals surface area contributed by atoms with E-state index in [1.165, 1.54) is 24.6 Å². The van der Waals surface area contributed by atoms with Crippen LogP contribution in [0.25, 0.3) is 5.82 Å². The van der Waals surface area contributed by atoms with Gasteiger partial charge in [0, 0.05) is 6.54 Å². The number of nitrogens with two attached hydrogens (primary N) is 1. The molecular weight excluding hydrogens is 302 g/mol. The molecule has 23 heavy (non-hydrogen) atoms. The molecule has 3 rings (SSSR count). The van der Waals surface area contributed by atoms with Gasteiger partial charge in [-0.2, -0.15) is 4.68 Å². The minimum Gasteiger partial charge on any atom is -0.464 e. The van der Waals surface area contributed by atoms with Crippen LogP contribution < -0.4 is 5.73 Å². The zero-order chi connectivity index (χ0) is 16.2. The quantitative estimate of drug-likeness (QED) is 0.796. The molecule has 2 N–H and O–H groups in total. The number of methoxy groups -OCH3 is 1. The summed E-state index contributed by atoms with van der Waals surface area (Å²) in [6, 6.07) is 0. The molecule has 0 saturated carbocycles. The Hall–Kier alpha value is -2.49. The minimum absolute atomic E-state index is 0.0865. The van der Waals surface area contributed by atoms with E-state index in [2.05, 4.69) is 30.2 Å². The SMILES string of the molecule is COC(=O)c1nnn(-c2nonc2N)c1CN1CCCCCC1. The first-order valence-electron chi connectivity index (χ1n) is 7.54. The standard InChI is InChI=1S/C13H19N7O3/c1-22-13(21)10-9(8-19-6-4-2-3-5-7-19)20(18-15-10)12-11(14)16-23-17-12/h2-8H2,1H3,(H2,14,16). The third-order valence-corrected chi connectivity index (χ3v) is 3.91. The molecule has 0 radical (unpaired) electrons. The van der Waals surface area contributed by atoms with E-state index in [0.717, 1.165) is 25.9 Å². The molecule has 10 heteroatoms. The third-order valence-electron chi connectivity index (χ3n) is 3.91. The molecule has 10 nitrogen and oxygen atoms in total. The van der Waals surface area contributed by atoms with Crippen molar-refractivity contribution in [1.82, 2.24) is 30.2 Å². The lowest BCUT2D eigenvalue weighted by atomic mass is 10.2. The summed E-state index contributed by atoms with van der Waals surface area (Å²) in [4.78, 5) is 14.2. The molecule has 1 fully saturated rings. The molecule has 1 saturated heterocycles. The van der Waals surface area contributed by atoms with Gasteiger partial charge in [-0.15, -0.1) is 5.10 Å². The van der Waals surface area contributed by atoms with Crippen LogP contribution in [0.4, 0.5) is 5.82 Å². The second-order valence-corrected chi connectivity index (χ2v) is 5.45. The van der Waals surface area contributed by atoms with Crippen LogP contribution in [0.15, 0.2) is 4.63 Å². The maximum absolute atomic E-state index is 12.0. The van der Waals surface area contributed by atoms with Crippen molar-refractivity contribution >= 4 is 11.8 Å². The summed E-state index contributed by atoms with van der Waals surface area (Å²) in [5.41, 5.74) is 6.45. The predicted octanol–water partition coefficient (Wildman–Crippen LogP) is 0.395. The number of carbonyl (C=O) groups excluding carboxylic acids is 1. The third kappa shape index (κ3) is 3.16. The zero-order valence-electron chi connectivity index (χ0n) is 12.9. The first-order valence-corrected chi connectivity index (χ1v) is 7.54. The van der Waals surface area contributed by atoms with Crippen molar-refractivity contribution in [1.29, 1.82) is 0 Å². The van der Waals surface area contributed by atoms with Crippen molar-refractivity contribution in [3.63, 3.8) is 0 Å². The van der Waals surface area contributed by atoms with Gasteiger partial charge >= 0.3 is 5.97 Å². The highest BCUT2D eigenvalue weighted by atomic mass is 16.6. The summed E-state index contributed by atoms with van der Waals surface area (Å²) in [5.74, 6) is -0.239. The molecule has 1 aliphatic rings. The summed E-state index contributed by atoms with van der Waals surface area (Å²) in [6.07, 6.45) is 4.70. The summed E-state index contributed by atoms with van der Waals surface area (Å²) in [5, 5.41) is 15.2. The number of rotatable bonds is 4. The maximum atomic E-state index is 12.0. The normalized spacial score (nSPS) is 16.2. The van der Waals surface area contributed by atoms with E-state index in [4.69, 9.17) is 10.5 Å². The van der Waals surface area contributed by atoms with Gasteiger partial charge in [-0.25, -0.2) is 9.42 Å². The topological polar surface area (TPSA) is 125 Å². The second kappa shape index (κ2) is 6.73. The number of anilines is 1. The highest BCUT2D eigenvalue weighted by Crippen LogP contribution is 2.19. The van der Waals surface area contributed by atoms with Crippen molar-refractivity contribution in [2.24, 2.45) is 0 Å². The molecule has 124 valence electrons. The van der Waals surface area contributed by atoms with Gasteiger partial charge in [-0.05, 0) is 36.2 Å². The molecule has 0 aliphatic carbocycles. The fraction of sp³-hybridized carbons (Fsp3) is 0.615. The number of carbonyl (C=O) groups is 1. The highest BCUT2D eigenvalue weighted by Gasteiger charge is 2.26. The molecule has 0 atom stereocenters. The average molecular weight is 321 g/mol. The number of hydrogen-bond acceptors (Lipinski definition) is 9. The molecule has 1 aliphatic heterocycles. The summed E-state index contributed by atoms with van der Waals surface area (Å²) in [6.45, 7) is 2.42. The van der Waals surface area contributed by atoms with Crippen molar-refractivity contribution in [2.75, 3.05) is 25.9 Å². The van der Waals surface area contributed by atoms with Crippen LogP contribution >= 0.6 is 0 Å². The number of likely N-dealkylation sites (tertiary alicyclic amines) is 1. The monoisotopic (exact) mass is 321 g/mol. The van der Waals surface area contributed by atoms with E-state index in [1.54, 1.807) is 0 Å². The van der Waals surface area contributed by atoms with E-state index < -0.39 is 5.97 Å². The molecule has 0 bridgehead atoms. The molecule has 0 unspecified atom stereocenters. The van der Waals surface area contributed by atoms with Crippen LogP contribution in [0.3, 0.4) is 0 Å². The molecule has 0 aromatic carbocycles. The molecule has 3 heterocycles. The minimum atomic E-state index is -0.545. The van der Waals surface area contributed by atoms with Gasteiger partial charge < -0.3 is 10.5 Å². The predicted molar refractivity (Wildman–Crippen MR) is 78.7 cm³/mol. The Morgan fingerprint density at radius 2 is 2.00 bits per heavy atom. The van der Waals surface area contributed by atoms with Gasteiger partial charge in [0.1, 0.15) is 0 Å². The Labute approximate surface area is 132 Å². The largest absolute Gasteiger partial charge is 0.464 e. The van der Waals surface area contributed by atoms with Gasteiger partial charge in [0.15, 0.2) is 5.69 Å². The molecule has 0 amide bonds. The van der Waals surface area contributed by atoms with E-state index in [9.17, 15) is 4.79 Å². The molecule has 0 spiro atoms. The second-order valence-electron chi connectivity index (χ2n) is 5.45. The van der Waals surface area contributed by atoms with Crippen molar-refractivity contribution < 1.29 is 14.2 Å². The Morgan fingerprint density at radius 3 is 2.61 bits per heavy atom. The maximum Gasteiger partial charge on any atom is 0.360 e. The van der Waals surface area contributed by atoms with E-state index in [-0.39, 0.29) is 17.3 Å². The molecular formula is C13H19N7O3. The van der Waals surface area contributed by atoms with Crippen molar-refractivity contribution in [3.8, 4) is 5.82 Å². The van der Waals surface area contributed by atoms with Gasteiger partial charge in [0.25, 0.3) is 0 Å². The van der Waals surface area contributed by atoms with E-state index in [0.29, 0.717) is 12.2 Å². The number of hydrogen-bond donors (Lipinski definition) is 1. The smallest absolute Gasteiger partial charge is 0.360 e. The highest BCUT2D eigenvalue weighted by molar-refractivity contribution is 5.88. The average Bonchev–Trinajstić information content (AvgIpc) is 3.05. The fourth-order valence-corrected chi connectivity index (χ4v) is 2.71. The van der Waals surface area contributed by atoms with Crippen LogP contribution in [-0.2, 0) is 11.3 Å². The van der Waals surface area contributed by atoms with Crippen molar-refractivity contribution in [3.05, 3.63) is 11.4 Å². The number of nitrogen functional groups attached to an aromatic ring is 1. The fourth-order valence-electron chi connectivity index (χ4n) is 2.71. The van der Waals surface area contributed by atoms with Crippen LogP contribution in [0.1, 0.15) is 41.9 Å². The van der Waals surface area contributed by atoms with E-state index in [1.807, 2.05) is 0 Å². The Balaban J connectivity index is 1.95. The zero-order valence-corrected chi connectivity index (χ0v) is 12.9. The Bertz CT molecular complexity index is 673. The molecule has 2 aromatic heterocycles. The molecule has 2 aromatic rings. The first-order chi connectivity index (χ1) is 11.2. The first kappa shape index (κ1) is 15.4.